The van der Waals surface area contributed by atoms with E-state index in [0.29, 0.717) is 11.3 Å². The molecule has 0 saturated heterocycles. The zero-order valence-electron chi connectivity index (χ0n) is 11.8. The normalized spacial score (nSPS) is 10.3. The van der Waals surface area contributed by atoms with Crippen LogP contribution in [0.15, 0.2) is 53.2 Å². The van der Waals surface area contributed by atoms with E-state index in [-0.39, 0.29) is 10.9 Å². The second kappa shape index (κ2) is 7.76. The summed E-state index contributed by atoms with van der Waals surface area (Å²) in [6.45, 7) is 0. The van der Waals surface area contributed by atoms with Crippen LogP contribution >= 0.6 is 12.2 Å². The Morgan fingerprint density at radius 1 is 1.13 bits per heavy atom. The summed E-state index contributed by atoms with van der Waals surface area (Å²) in [5.74, 6) is -0.356. The molecule has 1 aromatic carbocycles. The van der Waals surface area contributed by atoms with E-state index in [1.807, 2.05) is 0 Å². The third-order valence-corrected chi connectivity index (χ3v) is 2.80. The molecule has 2 rings (SSSR count). The van der Waals surface area contributed by atoms with Crippen LogP contribution in [0.1, 0.15) is 16.1 Å². The van der Waals surface area contributed by atoms with E-state index in [1.54, 1.807) is 12.1 Å². The lowest BCUT2D eigenvalue weighted by molar-refractivity contribution is -0.115. The largest absolute Gasteiger partial charge is 0.508 e. The minimum Gasteiger partial charge on any atom is -0.508 e. The lowest BCUT2D eigenvalue weighted by atomic mass is 10.2. The van der Waals surface area contributed by atoms with Gasteiger partial charge in [-0.25, -0.2) is 0 Å². The predicted molar refractivity (Wildman–Crippen MR) is 87.2 cm³/mol. The first kappa shape index (κ1) is 16.2. The van der Waals surface area contributed by atoms with E-state index in [4.69, 9.17) is 21.7 Å². The van der Waals surface area contributed by atoms with Crippen molar-refractivity contribution in [3.05, 3.63) is 60.1 Å². The summed E-state index contributed by atoms with van der Waals surface area (Å²) in [5, 5.41) is 11.4. The monoisotopic (exact) mass is 331 g/mol. The molecule has 0 fully saturated rings. The van der Waals surface area contributed by atoms with E-state index in [9.17, 15) is 9.59 Å². The fourth-order valence-corrected chi connectivity index (χ4v) is 1.68. The Kier molecular flexibility index (Phi) is 5.48. The molecule has 0 bridgehead atoms. The number of phenolic OH excluding ortho intramolecular Hbond substituents is 1. The SMILES string of the molecule is O=C(C=Cc1ccco1)NC(=S)NNC(=O)c1ccc(O)cc1. The molecule has 0 spiro atoms. The standard InChI is InChI=1S/C15H13N3O4S/c19-11-5-3-10(4-6-11)14(21)17-18-15(23)16-13(20)8-7-12-2-1-9-22-12/h1-9,19H,(H,17,21)(H2,16,18,20,23). The lowest BCUT2D eigenvalue weighted by Gasteiger charge is -2.09. The smallest absolute Gasteiger partial charge is 0.269 e. The van der Waals surface area contributed by atoms with Crippen LogP contribution in [0.25, 0.3) is 6.08 Å². The number of carbonyl (C=O) groups excluding carboxylic acids is 2. The molecule has 0 atom stereocenters. The molecule has 1 aromatic heterocycles. The summed E-state index contributed by atoms with van der Waals surface area (Å²) in [6.07, 6.45) is 4.21. The number of thiocarbonyl (C=S) groups is 1. The summed E-state index contributed by atoms with van der Waals surface area (Å²) in [6, 6.07) is 9.05. The van der Waals surface area contributed by atoms with Gasteiger partial charge in [0.2, 0.25) is 5.91 Å². The first-order chi connectivity index (χ1) is 11.0. The van der Waals surface area contributed by atoms with Gasteiger partial charge >= 0.3 is 0 Å². The number of amides is 2. The molecule has 0 aliphatic carbocycles. The number of hydrazine groups is 1. The van der Waals surface area contributed by atoms with Crippen molar-refractivity contribution in [3.8, 4) is 5.75 Å². The van der Waals surface area contributed by atoms with Crippen molar-refractivity contribution < 1.29 is 19.1 Å². The predicted octanol–water partition coefficient (Wildman–Crippen LogP) is 1.33. The van der Waals surface area contributed by atoms with Crippen molar-refractivity contribution in [2.45, 2.75) is 0 Å². The van der Waals surface area contributed by atoms with Gasteiger partial charge in [0.25, 0.3) is 5.91 Å². The van der Waals surface area contributed by atoms with Crippen LogP contribution in [0.2, 0.25) is 0 Å². The highest BCUT2D eigenvalue weighted by Gasteiger charge is 2.06. The topological polar surface area (TPSA) is 104 Å². The third-order valence-electron chi connectivity index (χ3n) is 2.60. The van der Waals surface area contributed by atoms with Crippen LogP contribution in [-0.4, -0.2) is 22.0 Å². The van der Waals surface area contributed by atoms with Gasteiger partial charge < -0.3 is 9.52 Å². The molecule has 7 nitrogen and oxygen atoms in total. The molecule has 8 heteroatoms. The van der Waals surface area contributed by atoms with Gasteiger partial charge in [-0.1, -0.05) is 0 Å². The van der Waals surface area contributed by atoms with Gasteiger partial charge in [0.15, 0.2) is 5.11 Å². The maximum atomic E-state index is 11.8. The number of aromatic hydroxyl groups is 1. The molecule has 2 aromatic rings. The Morgan fingerprint density at radius 2 is 1.87 bits per heavy atom. The van der Waals surface area contributed by atoms with Crippen LogP contribution in [0.3, 0.4) is 0 Å². The first-order valence-electron chi connectivity index (χ1n) is 6.46. The van der Waals surface area contributed by atoms with E-state index < -0.39 is 11.8 Å². The van der Waals surface area contributed by atoms with Gasteiger partial charge in [-0.05, 0) is 54.7 Å². The molecule has 0 radical (unpaired) electrons. The van der Waals surface area contributed by atoms with Gasteiger partial charge in [-0.15, -0.1) is 0 Å². The average molecular weight is 331 g/mol. The van der Waals surface area contributed by atoms with Crippen LogP contribution < -0.4 is 16.2 Å². The summed E-state index contributed by atoms with van der Waals surface area (Å²) < 4.78 is 5.04. The van der Waals surface area contributed by atoms with Gasteiger partial charge in [-0.3, -0.25) is 25.8 Å². The summed E-state index contributed by atoms with van der Waals surface area (Å²) in [4.78, 5) is 23.4. The number of rotatable bonds is 3. The highest BCUT2D eigenvalue weighted by molar-refractivity contribution is 7.80. The van der Waals surface area contributed by atoms with E-state index >= 15 is 0 Å². The molecule has 0 saturated carbocycles. The molecule has 2 amide bonds. The average Bonchev–Trinajstić information content (AvgIpc) is 3.05. The number of furan rings is 1. The zero-order valence-corrected chi connectivity index (χ0v) is 12.6. The molecule has 1 heterocycles. The highest BCUT2D eigenvalue weighted by atomic mass is 32.1. The van der Waals surface area contributed by atoms with Crippen LogP contribution in [0.5, 0.6) is 5.75 Å². The molecule has 118 valence electrons. The van der Waals surface area contributed by atoms with Crippen molar-refractivity contribution in [2.24, 2.45) is 0 Å². The van der Waals surface area contributed by atoms with Crippen molar-refractivity contribution in [3.63, 3.8) is 0 Å². The van der Waals surface area contributed by atoms with Gasteiger partial charge in [-0.2, -0.15) is 0 Å². The Balaban J connectivity index is 1.77. The van der Waals surface area contributed by atoms with Crippen molar-refractivity contribution in [1.82, 2.24) is 16.2 Å². The summed E-state index contributed by atoms with van der Waals surface area (Å²) in [5.41, 5.74) is 5.05. The zero-order chi connectivity index (χ0) is 16.7. The number of phenols is 1. The summed E-state index contributed by atoms with van der Waals surface area (Å²) >= 11 is 4.88. The van der Waals surface area contributed by atoms with E-state index in [1.165, 1.54) is 42.7 Å². The number of hydrogen-bond donors (Lipinski definition) is 4. The fraction of sp³-hybridized carbons (Fsp3) is 0. The van der Waals surface area contributed by atoms with Crippen LogP contribution in [-0.2, 0) is 4.79 Å². The molecule has 23 heavy (non-hydrogen) atoms. The number of carbonyl (C=O) groups is 2. The summed E-state index contributed by atoms with van der Waals surface area (Å²) in [7, 11) is 0. The van der Waals surface area contributed by atoms with Crippen molar-refractivity contribution in [2.75, 3.05) is 0 Å². The molecule has 4 N–H and O–H groups in total. The maximum Gasteiger partial charge on any atom is 0.269 e. The molecular weight excluding hydrogens is 318 g/mol. The van der Waals surface area contributed by atoms with Crippen LogP contribution in [0, 0.1) is 0 Å². The number of nitrogens with one attached hydrogen (secondary N) is 3. The van der Waals surface area contributed by atoms with Gasteiger partial charge in [0, 0.05) is 11.6 Å². The van der Waals surface area contributed by atoms with Crippen LogP contribution in [0.4, 0.5) is 0 Å². The molecule has 0 aliphatic rings. The number of hydrogen-bond acceptors (Lipinski definition) is 5. The number of benzene rings is 1. The second-order valence-corrected chi connectivity index (χ2v) is 4.70. The molecular formula is C15H13N3O4S. The fourth-order valence-electron chi connectivity index (χ4n) is 1.53. The lowest BCUT2D eigenvalue weighted by Crippen LogP contribution is -2.48. The Labute approximate surface area is 137 Å². The molecule has 0 aliphatic heterocycles. The third kappa shape index (κ3) is 5.29. The van der Waals surface area contributed by atoms with E-state index in [0.717, 1.165) is 0 Å². The Hall–Kier alpha value is -3.13. The Morgan fingerprint density at radius 3 is 2.52 bits per heavy atom. The van der Waals surface area contributed by atoms with Gasteiger partial charge in [0.1, 0.15) is 11.5 Å². The van der Waals surface area contributed by atoms with E-state index in [2.05, 4.69) is 16.2 Å². The van der Waals surface area contributed by atoms with Crippen molar-refractivity contribution >= 4 is 35.2 Å². The first-order valence-corrected chi connectivity index (χ1v) is 6.87. The second-order valence-electron chi connectivity index (χ2n) is 4.29. The Bertz CT molecular complexity index is 724. The maximum absolute atomic E-state index is 11.8. The minimum atomic E-state index is -0.474. The van der Waals surface area contributed by atoms with Gasteiger partial charge in [0.05, 0.1) is 6.26 Å². The molecule has 0 unspecified atom stereocenters. The minimum absolute atomic E-state index is 0.0561. The highest BCUT2D eigenvalue weighted by Crippen LogP contribution is 2.08. The van der Waals surface area contributed by atoms with Crippen molar-refractivity contribution in [1.29, 1.82) is 0 Å². The quantitative estimate of drug-likeness (QED) is 0.384.